The molecule has 0 bridgehead atoms. The summed E-state index contributed by atoms with van der Waals surface area (Å²) in [7, 11) is 0. The first-order valence-electron chi connectivity index (χ1n) is 5.86. The molecule has 0 spiro atoms. The zero-order valence-corrected chi connectivity index (χ0v) is 10.7. The molecule has 2 aromatic carbocycles. The van der Waals surface area contributed by atoms with Crippen LogP contribution in [0, 0.1) is 15.9 Å². The van der Waals surface area contributed by atoms with Gasteiger partial charge in [-0.3, -0.25) is 10.1 Å². The van der Waals surface area contributed by atoms with E-state index in [0.717, 1.165) is 0 Å². The summed E-state index contributed by atoms with van der Waals surface area (Å²) in [6.45, 7) is -0.577. The monoisotopic (exact) mass is 291 g/mol. The number of nitro benzene ring substituents is 1. The van der Waals surface area contributed by atoms with Crippen LogP contribution in [0.3, 0.4) is 0 Å². The number of nitro groups is 1. The highest BCUT2D eigenvalue weighted by molar-refractivity contribution is 5.74. The van der Waals surface area contributed by atoms with Gasteiger partial charge < -0.3 is 9.84 Å². The number of carbonyl (C=O) groups is 1. The Kier molecular flexibility index (Phi) is 4.13. The Bertz CT molecular complexity index is 684. The van der Waals surface area contributed by atoms with Gasteiger partial charge in [-0.1, -0.05) is 12.1 Å². The number of hydrogen-bond acceptors (Lipinski definition) is 4. The highest BCUT2D eigenvalue weighted by atomic mass is 19.1. The van der Waals surface area contributed by atoms with Gasteiger partial charge in [0.25, 0.3) is 5.69 Å². The minimum Gasteiger partial charge on any atom is -0.481 e. The van der Waals surface area contributed by atoms with Crippen LogP contribution in [-0.2, 0) is 4.79 Å². The standard InChI is InChI=1S/C14H10FNO5/c15-10-3-1-9(2-4-10)12-7-11(16(19)20)5-6-13(12)21-8-14(17)18/h1-7H,8H2,(H,17,18). The first kappa shape index (κ1) is 14.4. The fraction of sp³-hybridized carbons (Fsp3) is 0.0714. The van der Waals surface area contributed by atoms with E-state index in [0.29, 0.717) is 11.1 Å². The van der Waals surface area contributed by atoms with Gasteiger partial charge in [-0.25, -0.2) is 9.18 Å². The Balaban J connectivity index is 2.47. The van der Waals surface area contributed by atoms with Crippen LogP contribution in [0.1, 0.15) is 0 Å². The van der Waals surface area contributed by atoms with Crippen molar-refractivity contribution < 1.29 is 24.0 Å². The molecule has 0 aliphatic carbocycles. The number of nitrogens with zero attached hydrogens (tertiary/aromatic N) is 1. The lowest BCUT2D eigenvalue weighted by Gasteiger charge is -2.10. The molecule has 0 unspecified atom stereocenters. The van der Waals surface area contributed by atoms with Crippen molar-refractivity contribution in [1.82, 2.24) is 0 Å². The van der Waals surface area contributed by atoms with Crippen molar-refractivity contribution in [1.29, 1.82) is 0 Å². The first-order chi connectivity index (χ1) is 9.97. The molecule has 0 aromatic heterocycles. The van der Waals surface area contributed by atoms with Gasteiger partial charge in [0.15, 0.2) is 6.61 Å². The van der Waals surface area contributed by atoms with Crippen molar-refractivity contribution in [2.75, 3.05) is 6.61 Å². The molecule has 0 heterocycles. The summed E-state index contributed by atoms with van der Waals surface area (Å²) in [5.41, 5.74) is 0.642. The lowest BCUT2D eigenvalue weighted by molar-refractivity contribution is -0.384. The molecule has 2 rings (SSSR count). The fourth-order valence-electron chi connectivity index (χ4n) is 1.75. The van der Waals surface area contributed by atoms with Gasteiger partial charge in [-0.05, 0) is 23.8 Å². The molecule has 2 aromatic rings. The van der Waals surface area contributed by atoms with E-state index in [-0.39, 0.29) is 11.4 Å². The summed E-state index contributed by atoms with van der Waals surface area (Å²) in [4.78, 5) is 20.8. The van der Waals surface area contributed by atoms with Crippen LogP contribution in [0.4, 0.5) is 10.1 Å². The summed E-state index contributed by atoms with van der Waals surface area (Å²) in [5, 5.41) is 19.5. The Morgan fingerprint density at radius 2 is 1.90 bits per heavy atom. The van der Waals surface area contributed by atoms with Crippen LogP contribution < -0.4 is 4.74 Å². The lowest BCUT2D eigenvalue weighted by atomic mass is 10.0. The van der Waals surface area contributed by atoms with Gasteiger partial charge in [0.1, 0.15) is 11.6 Å². The van der Waals surface area contributed by atoms with Crippen LogP contribution in [0.5, 0.6) is 5.75 Å². The third kappa shape index (κ3) is 3.53. The van der Waals surface area contributed by atoms with Crippen molar-refractivity contribution in [3.63, 3.8) is 0 Å². The van der Waals surface area contributed by atoms with Crippen LogP contribution in [0.15, 0.2) is 42.5 Å². The zero-order chi connectivity index (χ0) is 15.4. The van der Waals surface area contributed by atoms with Crippen LogP contribution >= 0.6 is 0 Å². The molecule has 0 amide bonds. The Hall–Kier alpha value is -2.96. The van der Waals surface area contributed by atoms with Gasteiger partial charge in [0, 0.05) is 17.7 Å². The number of carboxylic acid groups (broad SMARTS) is 1. The van der Waals surface area contributed by atoms with Crippen LogP contribution in [0.2, 0.25) is 0 Å². The molecule has 108 valence electrons. The smallest absolute Gasteiger partial charge is 0.341 e. The summed E-state index contributed by atoms with van der Waals surface area (Å²) in [6, 6.07) is 9.06. The van der Waals surface area contributed by atoms with Gasteiger partial charge in [0.2, 0.25) is 0 Å². The maximum absolute atomic E-state index is 12.9. The number of non-ortho nitro benzene ring substituents is 1. The van der Waals surface area contributed by atoms with Crippen molar-refractivity contribution in [2.24, 2.45) is 0 Å². The quantitative estimate of drug-likeness (QED) is 0.675. The average molecular weight is 291 g/mol. The SMILES string of the molecule is O=C(O)COc1ccc([N+](=O)[O-])cc1-c1ccc(F)cc1. The second kappa shape index (κ2) is 6.00. The van der Waals surface area contributed by atoms with Gasteiger partial charge in [0.05, 0.1) is 4.92 Å². The minimum absolute atomic E-state index is 0.169. The molecule has 0 fully saturated rings. The predicted octanol–water partition coefficient (Wildman–Crippen LogP) is 2.86. The second-order valence-corrected chi connectivity index (χ2v) is 4.13. The van der Waals surface area contributed by atoms with E-state index in [1.807, 2.05) is 0 Å². The molecular weight excluding hydrogens is 281 g/mol. The van der Waals surface area contributed by atoms with E-state index in [4.69, 9.17) is 9.84 Å². The lowest BCUT2D eigenvalue weighted by Crippen LogP contribution is -2.10. The minimum atomic E-state index is -1.17. The van der Waals surface area contributed by atoms with Crippen molar-refractivity contribution >= 4 is 11.7 Å². The van der Waals surface area contributed by atoms with E-state index in [1.54, 1.807) is 0 Å². The third-order valence-corrected chi connectivity index (χ3v) is 2.68. The molecule has 0 aliphatic rings. The summed E-state index contributed by atoms with van der Waals surface area (Å²) in [5.74, 6) is -1.44. The molecule has 0 radical (unpaired) electrons. The maximum Gasteiger partial charge on any atom is 0.341 e. The van der Waals surface area contributed by atoms with E-state index >= 15 is 0 Å². The summed E-state index contributed by atoms with van der Waals surface area (Å²) in [6.07, 6.45) is 0. The summed E-state index contributed by atoms with van der Waals surface area (Å²) >= 11 is 0. The number of rotatable bonds is 5. The molecular formula is C14H10FNO5. The van der Waals surface area contributed by atoms with Gasteiger partial charge in [-0.15, -0.1) is 0 Å². The second-order valence-electron chi connectivity index (χ2n) is 4.13. The molecule has 1 N–H and O–H groups in total. The normalized spacial score (nSPS) is 10.1. The van der Waals surface area contributed by atoms with Gasteiger partial charge >= 0.3 is 5.97 Å². The maximum atomic E-state index is 12.9. The molecule has 0 aliphatic heterocycles. The van der Waals surface area contributed by atoms with E-state index in [1.165, 1.54) is 42.5 Å². The van der Waals surface area contributed by atoms with Crippen molar-refractivity contribution in [3.05, 3.63) is 58.4 Å². The average Bonchev–Trinajstić information content (AvgIpc) is 2.45. The number of halogens is 1. The molecule has 0 atom stereocenters. The number of hydrogen-bond donors (Lipinski definition) is 1. The number of benzene rings is 2. The number of ether oxygens (including phenoxy) is 1. The largest absolute Gasteiger partial charge is 0.481 e. The van der Waals surface area contributed by atoms with Crippen molar-refractivity contribution in [2.45, 2.75) is 0 Å². The Morgan fingerprint density at radius 3 is 2.48 bits per heavy atom. The fourth-order valence-corrected chi connectivity index (χ4v) is 1.75. The Morgan fingerprint density at radius 1 is 1.24 bits per heavy atom. The van der Waals surface area contributed by atoms with E-state index in [9.17, 15) is 19.3 Å². The topological polar surface area (TPSA) is 89.7 Å². The summed E-state index contributed by atoms with van der Waals surface area (Å²) < 4.78 is 18.0. The van der Waals surface area contributed by atoms with E-state index < -0.39 is 23.3 Å². The first-order valence-corrected chi connectivity index (χ1v) is 5.86. The number of carboxylic acids is 1. The highest BCUT2D eigenvalue weighted by Gasteiger charge is 2.14. The van der Waals surface area contributed by atoms with Crippen LogP contribution in [0.25, 0.3) is 11.1 Å². The third-order valence-electron chi connectivity index (χ3n) is 2.68. The van der Waals surface area contributed by atoms with Crippen molar-refractivity contribution in [3.8, 4) is 16.9 Å². The molecule has 6 nitrogen and oxygen atoms in total. The highest BCUT2D eigenvalue weighted by Crippen LogP contribution is 2.33. The molecule has 21 heavy (non-hydrogen) atoms. The molecule has 7 heteroatoms. The molecule has 0 saturated carbocycles. The Labute approximate surface area is 118 Å². The zero-order valence-electron chi connectivity index (χ0n) is 10.7. The van der Waals surface area contributed by atoms with E-state index in [2.05, 4.69) is 0 Å². The van der Waals surface area contributed by atoms with Crippen LogP contribution in [-0.4, -0.2) is 22.6 Å². The number of aliphatic carboxylic acids is 1. The van der Waals surface area contributed by atoms with Gasteiger partial charge in [-0.2, -0.15) is 0 Å². The molecule has 0 saturated heterocycles. The predicted molar refractivity (Wildman–Crippen MR) is 71.6 cm³/mol.